The third-order valence-electron chi connectivity index (χ3n) is 8.71. The number of hydrogen-bond acceptors (Lipinski definition) is 10. The number of likely N-dealkylation sites (N-methyl/N-ethyl adjacent to an activating group) is 1. The van der Waals surface area contributed by atoms with Crippen molar-refractivity contribution in [2.45, 2.75) is 77.7 Å². The van der Waals surface area contributed by atoms with Gasteiger partial charge >= 0.3 is 0 Å². The molecule has 3 aromatic rings. The van der Waals surface area contributed by atoms with Gasteiger partial charge in [-0.15, -0.1) is 0 Å². The molecule has 1 aromatic carbocycles. The number of carbonyl (C=O) groups excluding carboxylic acids is 1. The fourth-order valence-corrected chi connectivity index (χ4v) is 5.68. The number of anilines is 2. The molecule has 0 radical (unpaired) electrons. The summed E-state index contributed by atoms with van der Waals surface area (Å²) in [4.78, 5) is 26.4. The Morgan fingerprint density at radius 1 is 1.27 bits per heavy atom. The minimum Gasteiger partial charge on any atom is -0.485 e. The van der Waals surface area contributed by atoms with Gasteiger partial charge in [0.25, 0.3) is 0 Å². The molecule has 0 saturated heterocycles. The largest absolute Gasteiger partial charge is 0.485 e. The molecule has 5 rings (SSSR count). The molecule has 1 fully saturated rings. The van der Waals surface area contributed by atoms with E-state index in [-0.39, 0.29) is 25.7 Å². The van der Waals surface area contributed by atoms with Crippen LogP contribution in [0.5, 0.6) is 5.75 Å². The van der Waals surface area contributed by atoms with Gasteiger partial charge in [-0.05, 0) is 80.8 Å². The van der Waals surface area contributed by atoms with E-state index < -0.39 is 6.10 Å². The number of oxazole rings is 1. The van der Waals surface area contributed by atoms with Gasteiger partial charge in [-0.3, -0.25) is 9.69 Å². The van der Waals surface area contributed by atoms with Crippen molar-refractivity contribution in [3.8, 4) is 5.75 Å². The lowest BCUT2D eigenvalue weighted by atomic mass is 9.93. The first kappa shape index (κ1) is 33.8. The van der Waals surface area contributed by atoms with Crippen LogP contribution < -0.4 is 15.0 Å². The number of pyridine rings is 1. The van der Waals surface area contributed by atoms with E-state index in [9.17, 15) is 9.90 Å². The number of nitrogens with zero attached hydrogens (tertiary/aromatic N) is 4. The van der Waals surface area contributed by atoms with Crippen LogP contribution in [-0.4, -0.2) is 78.3 Å². The highest BCUT2D eigenvalue weighted by molar-refractivity contribution is 7.59. The number of benzene rings is 1. The zero-order chi connectivity index (χ0) is 30.3. The van der Waals surface area contributed by atoms with Crippen LogP contribution in [0.15, 0.2) is 35.1 Å². The predicted octanol–water partition coefficient (Wildman–Crippen LogP) is 4.81. The Bertz CT molecular complexity index is 1390. The summed E-state index contributed by atoms with van der Waals surface area (Å²) in [6, 6.07) is 8.26. The third-order valence-corrected chi connectivity index (χ3v) is 8.71. The second kappa shape index (κ2) is 15.7. The van der Waals surface area contributed by atoms with E-state index in [1.807, 2.05) is 37.1 Å². The summed E-state index contributed by atoms with van der Waals surface area (Å²) in [7, 11) is 3.63. The van der Waals surface area contributed by atoms with Crippen LogP contribution in [0.25, 0.3) is 0 Å². The number of aliphatic hydroxyl groups is 1. The van der Waals surface area contributed by atoms with Crippen molar-refractivity contribution in [1.29, 1.82) is 0 Å². The Balaban J connectivity index is 0.00000442. The summed E-state index contributed by atoms with van der Waals surface area (Å²) in [5.74, 6) is 3.10. The van der Waals surface area contributed by atoms with Crippen molar-refractivity contribution in [3.05, 3.63) is 64.4 Å². The molecular weight excluding hydrogens is 578 g/mol. The number of ketones is 1. The molecule has 44 heavy (non-hydrogen) atoms. The number of Topliss-reactive ketones (excluding diaryl/α,β-unsaturated/α-hetero) is 1. The van der Waals surface area contributed by atoms with E-state index >= 15 is 0 Å². The maximum absolute atomic E-state index is 13.3. The molecule has 2 aliphatic rings. The van der Waals surface area contributed by atoms with Gasteiger partial charge in [0, 0.05) is 58.4 Å². The summed E-state index contributed by atoms with van der Waals surface area (Å²) in [5, 5.41) is 14.4. The number of rotatable bonds is 15. The average Bonchev–Trinajstić information content (AvgIpc) is 3.40. The van der Waals surface area contributed by atoms with Gasteiger partial charge < -0.3 is 29.2 Å². The highest BCUT2D eigenvalue weighted by atomic mass is 32.1. The molecule has 10 nitrogen and oxygen atoms in total. The first-order chi connectivity index (χ1) is 20.8. The monoisotopic (exact) mass is 625 g/mol. The van der Waals surface area contributed by atoms with Gasteiger partial charge in [0.2, 0.25) is 0 Å². The minimum atomic E-state index is -0.586. The minimum absolute atomic E-state index is 0. The summed E-state index contributed by atoms with van der Waals surface area (Å²) in [6.07, 6.45) is 5.91. The normalized spacial score (nSPS) is 15.6. The summed E-state index contributed by atoms with van der Waals surface area (Å²) in [5.41, 5.74) is 5.18. The van der Waals surface area contributed by atoms with Gasteiger partial charge in [0.05, 0.1) is 18.4 Å². The maximum atomic E-state index is 13.3. The van der Waals surface area contributed by atoms with Gasteiger partial charge in [-0.25, -0.2) is 9.97 Å². The summed E-state index contributed by atoms with van der Waals surface area (Å²) < 4.78 is 16.7. The van der Waals surface area contributed by atoms with Crippen LogP contribution in [0.3, 0.4) is 0 Å². The van der Waals surface area contributed by atoms with Crippen molar-refractivity contribution in [1.82, 2.24) is 14.9 Å². The van der Waals surface area contributed by atoms with E-state index in [0.29, 0.717) is 44.3 Å². The molecule has 3 heterocycles. The Morgan fingerprint density at radius 2 is 2.09 bits per heavy atom. The first-order valence-electron chi connectivity index (χ1n) is 15.4. The number of aromatic nitrogens is 2. The van der Waals surface area contributed by atoms with Crippen LogP contribution in [-0.2, 0) is 24.3 Å². The lowest BCUT2D eigenvalue weighted by Crippen LogP contribution is -2.37. The van der Waals surface area contributed by atoms with Gasteiger partial charge in [-0.2, -0.15) is 13.5 Å². The molecule has 2 N–H and O–H groups in total. The Labute approximate surface area is 267 Å². The summed E-state index contributed by atoms with van der Waals surface area (Å²) >= 11 is 0. The van der Waals surface area contributed by atoms with Crippen LogP contribution in [0.2, 0.25) is 0 Å². The van der Waals surface area contributed by atoms with Crippen molar-refractivity contribution in [2.24, 2.45) is 0 Å². The maximum Gasteiger partial charge on any atom is 0.181 e. The van der Waals surface area contributed by atoms with Crippen molar-refractivity contribution in [3.63, 3.8) is 0 Å². The smallest absolute Gasteiger partial charge is 0.181 e. The lowest BCUT2D eigenvalue weighted by molar-refractivity contribution is 0.0836. The second-order valence-corrected chi connectivity index (χ2v) is 11.9. The number of carbonyl (C=O) groups is 1. The number of hydrogen-bond donors (Lipinski definition) is 2. The zero-order valence-corrected chi connectivity index (χ0v) is 27.4. The molecule has 11 heteroatoms. The van der Waals surface area contributed by atoms with E-state index in [1.165, 1.54) is 23.9 Å². The highest BCUT2D eigenvalue weighted by Crippen LogP contribution is 2.30. The molecule has 2 aromatic heterocycles. The molecule has 240 valence electrons. The van der Waals surface area contributed by atoms with Gasteiger partial charge in [0.15, 0.2) is 17.9 Å². The number of aliphatic hydroxyl groups excluding tert-OH is 1. The highest BCUT2D eigenvalue weighted by Gasteiger charge is 2.23. The molecule has 0 unspecified atom stereocenters. The SMILES string of the molecule is COCCN(C)c1cc(C(=O)CC[C@H](O)CN2CCc3c(ccc(OCc4ocnc4C)c3C)C2)cc(NC2CCC2)n1.S. The molecule has 1 aliphatic carbocycles. The topological polar surface area (TPSA) is 113 Å². The number of aryl methyl sites for hydroxylation is 1. The molecule has 0 spiro atoms. The molecule has 1 aliphatic heterocycles. The van der Waals surface area contributed by atoms with Crippen molar-refractivity contribution in [2.75, 3.05) is 50.6 Å². The fraction of sp³-hybridized carbons (Fsp3) is 0.545. The molecule has 0 amide bonds. The van der Waals surface area contributed by atoms with E-state index in [2.05, 4.69) is 28.2 Å². The van der Waals surface area contributed by atoms with Crippen LogP contribution in [0.1, 0.15) is 70.6 Å². The third kappa shape index (κ3) is 8.53. The number of fused-ring (bicyclic) bond motifs is 1. The quantitative estimate of drug-likeness (QED) is 0.228. The van der Waals surface area contributed by atoms with Gasteiger partial charge in [-0.1, -0.05) is 6.07 Å². The number of ether oxygens (including phenoxy) is 2. The van der Waals surface area contributed by atoms with E-state index in [1.54, 1.807) is 7.11 Å². The lowest BCUT2D eigenvalue weighted by Gasteiger charge is -2.31. The average molecular weight is 626 g/mol. The Kier molecular flexibility index (Phi) is 12.1. The van der Waals surface area contributed by atoms with Crippen molar-refractivity contribution < 1.29 is 23.8 Å². The number of methoxy groups -OCH3 is 1. The second-order valence-electron chi connectivity index (χ2n) is 11.9. The number of β-amino-alcohol motifs (C(OH)–C–C–N with tert-alkyl or cyclic N) is 1. The fourth-order valence-electron chi connectivity index (χ4n) is 5.68. The van der Waals surface area contributed by atoms with Crippen LogP contribution in [0.4, 0.5) is 11.6 Å². The van der Waals surface area contributed by atoms with E-state index in [0.717, 1.165) is 66.8 Å². The predicted molar refractivity (Wildman–Crippen MR) is 176 cm³/mol. The Morgan fingerprint density at radius 3 is 2.80 bits per heavy atom. The van der Waals surface area contributed by atoms with Crippen LogP contribution >= 0.6 is 13.5 Å². The summed E-state index contributed by atoms with van der Waals surface area (Å²) in [6.45, 7) is 7.76. The van der Waals surface area contributed by atoms with Gasteiger partial charge in [0.1, 0.15) is 24.0 Å². The zero-order valence-electron chi connectivity index (χ0n) is 26.4. The van der Waals surface area contributed by atoms with Crippen molar-refractivity contribution >= 4 is 30.9 Å². The number of nitrogens with one attached hydrogen (secondary N) is 1. The first-order valence-corrected chi connectivity index (χ1v) is 15.4. The molecule has 1 saturated carbocycles. The van der Waals surface area contributed by atoms with Crippen LogP contribution in [0, 0.1) is 13.8 Å². The Hall–Kier alpha value is -3.12. The molecular formula is C33H47N5O5S. The molecule has 1 atom stereocenters. The standard InChI is InChI=1S/C33H45N5O5.H2S/c1-22-28-12-13-38(18-24(28)8-11-30(22)42-20-31-23(2)34-21-43-31)19-27(39)9-10-29(40)25-16-32(35-26-6-5-7-26)36-33(17-25)37(3)14-15-41-4;/h8,11,16-17,21,26-27,39H,5-7,9-10,12-15,18-20H2,1-4H3,(H,35,36);1H2/t27-;/m0./s1. The molecule has 0 bridgehead atoms. The van der Waals surface area contributed by atoms with E-state index in [4.69, 9.17) is 18.9 Å².